The first-order valence-corrected chi connectivity index (χ1v) is 6.49. The van der Waals surface area contributed by atoms with Crippen LogP contribution in [0.15, 0.2) is 4.52 Å². The number of nitrogens with zero attached hydrogens (tertiary/aromatic N) is 3. The van der Waals surface area contributed by atoms with Gasteiger partial charge in [-0.05, 0) is 12.8 Å². The van der Waals surface area contributed by atoms with Crippen molar-refractivity contribution in [1.82, 2.24) is 20.4 Å². The zero-order valence-corrected chi connectivity index (χ0v) is 12.4. The van der Waals surface area contributed by atoms with Crippen LogP contribution < -0.4 is 5.32 Å². The van der Waals surface area contributed by atoms with E-state index in [0.29, 0.717) is 23.1 Å². The minimum atomic E-state index is -4.44. The predicted molar refractivity (Wildman–Crippen MR) is 68.5 cm³/mol. The number of hydrogen-bond donors (Lipinski definition) is 1. The van der Waals surface area contributed by atoms with Gasteiger partial charge >= 0.3 is 12.2 Å². The van der Waals surface area contributed by atoms with Crippen LogP contribution in [0.4, 0.5) is 18.0 Å². The predicted octanol–water partition coefficient (Wildman–Crippen LogP) is 2.53. The smallest absolute Gasteiger partial charge is 0.337 e. The van der Waals surface area contributed by atoms with Crippen molar-refractivity contribution in [3.63, 3.8) is 0 Å². The lowest BCUT2D eigenvalue weighted by atomic mass is 10.1. The van der Waals surface area contributed by atoms with Gasteiger partial charge in [-0.15, -0.1) is 0 Å². The van der Waals surface area contributed by atoms with Crippen LogP contribution in [0.25, 0.3) is 0 Å². The molecule has 6 nitrogen and oxygen atoms in total. The molecule has 1 atom stereocenters. The van der Waals surface area contributed by atoms with Gasteiger partial charge in [0.25, 0.3) is 0 Å². The fourth-order valence-electron chi connectivity index (χ4n) is 1.59. The van der Waals surface area contributed by atoms with Crippen molar-refractivity contribution in [3.8, 4) is 0 Å². The van der Waals surface area contributed by atoms with E-state index >= 15 is 0 Å². The largest absolute Gasteiger partial charge is 0.406 e. The highest BCUT2D eigenvalue weighted by molar-refractivity contribution is 5.74. The summed E-state index contributed by atoms with van der Waals surface area (Å²) in [5.41, 5.74) is 0. The van der Waals surface area contributed by atoms with E-state index in [1.54, 1.807) is 6.92 Å². The topological polar surface area (TPSA) is 71.3 Å². The van der Waals surface area contributed by atoms with Crippen LogP contribution in [0.5, 0.6) is 0 Å². The van der Waals surface area contributed by atoms with Gasteiger partial charge in [0.15, 0.2) is 5.82 Å². The number of nitrogens with one attached hydrogen (secondary N) is 1. The Morgan fingerprint density at radius 1 is 1.38 bits per heavy atom. The molecule has 1 unspecified atom stereocenters. The average molecular weight is 308 g/mol. The Balaban J connectivity index is 2.58. The molecular weight excluding hydrogens is 289 g/mol. The fourth-order valence-corrected chi connectivity index (χ4v) is 1.59. The molecular formula is C12H19F3N4O2. The van der Waals surface area contributed by atoms with E-state index in [0.717, 1.165) is 7.05 Å². The monoisotopic (exact) mass is 308 g/mol. The van der Waals surface area contributed by atoms with E-state index in [1.165, 1.54) is 0 Å². The molecule has 0 saturated heterocycles. The lowest BCUT2D eigenvalue weighted by Crippen LogP contribution is -2.43. The van der Waals surface area contributed by atoms with Gasteiger partial charge in [-0.1, -0.05) is 19.0 Å². The number of hydrogen-bond acceptors (Lipinski definition) is 4. The van der Waals surface area contributed by atoms with Crippen molar-refractivity contribution in [2.75, 3.05) is 13.6 Å². The minimum Gasteiger partial charge on any atom is -0.337 e. The zero-order chi connectivity index (χ0) is 16.2. The summed E-state index contributed by atoms with van der Waals surface area (Å²) in [5.74, 6) is 1.02. The normalized spacial score (nSPS) is 13.3. The molecule has 0 aliphatic carbocycles. The van der Waals surface area contributed by atoms with E-state index in [2.05, 4.69) is 15.5 Å². The Kier molecular flexibility index (Phi) is 5.56. The molecule has 0 fully saturated rings. The first-order chi connectivity index (χ1) is 9.58. The Bertz CT molecular complexity index is 473. The number of alkyl halides is 3. The maximum Gasteiger partial charge on any atom is 0.406 e. The summed E-state index contributed by atoms with van der Waals surface area (Å²) < 4.78 is 41.6. The molecule has 0 aliphatic rings. The SMILES string of the molecule is CC(C)Cc1noc(C(C)NC(=O)N(C)CC(F)(F)F)n1. The summed E-state index contributed by atoms with van der Waals surface area (Å²) in [6.07, 6.45) is -3.82. The van der Waals surface area contributed by atoms with Crippen LogP contribution >= 0.6 is 0 Å². The Morgan fingerprint density at radius 3 is 2.52 bits per heavy atom. The van der Waals surface area contributed by atoms with Crippen molar-refractivity contribution in [3.05, 3.63) is 11.7 Å². The molecule has 0 saturated carbocycles. The second-order valence-electron chi connectivity index (χ2n) is 5.29. The second kappa shape index (κ2) is 6.77. The van der Waals surface area contributed by atoms with Crippen LogP contribution in [-0.2, 0) is 6.42 Å². The molecule has 0 radical (unpaired) electrons. The maximum absolute atomic E-state index is 12.2. The number of carbonyl (C=O) groups excluding carboxylic acids is 1. The van der Waals surface area contributed by atoms with Crippen molar-refractivity contribution in [1.29, 1.82) is 0 Å². The summed E-state index contributed by atoms with van der Waals surface area (Å²) in [6, 6.07) is -1.52. The van der Waals surface area contributed by atoms with Gasteiger partial charge < -0.3 is 14.7 Å². The van der Waals surface area contributed by atoms with Gasteiger partial charge in [0.05, 0.1) is 0 Å². The van der Waals surface area contributed by atoms with Gasteiger partial charge in [-0.3, -0.25) is 0 Å². The minimum absolute atomic E-state index is 0.166. The molecule has 9 heteroatoms. The number of rotatable bonds is 5. The van der Waals surface area contributed by atoms with Crippen LogP contribution in [-0.4, -0.2) is 40.8 Å². The first-order valence-electron chi connectivity index (χ1n) is 6.49. The number of amides is 2. The molecule has 1 aromatic rings. The number of carbonyl (C=O) groups is 1. The molecule has 1 heterocycles. The molecule has 1 N–H and O–H groups in total. The van der Waals surface area contributed by atoms with Gasteiger partial charge in [0.1, 0.15) is 12.6 Å². The Labute approximate surface area is 120 Å². The number of halogens is 3. The molecule has 1 rings (SSSR count). The third-order valence-corrected chi connectivity index (χ3v) is 2.55. The third-order valence-electron chi connectivity index (χ3n) is 2.55. The van der Waals surface area contributed by atoms with Crippen LogP contribution in [0.1, 0.15) is 38.5 Å². The Morgan fingerprint density at radius 2 is 2.00 bits per heavy atom. The molecule has 1 aromatic heterocycles. The van der Waals surface area contributed by atoms with Gasteiger partial charge in [-0.25, -0.2) is 4.79 Å². The highest BCUT2D eigenvalue weighted by atomic mass is 19.4. The Hall–Kier alpha value is -1.80. The fraction of sp³-hybridized carbons (Fsp3) is 0.750. The third kappa shape index (κ3) is 6.01. The van der Waals surface area contributed by atoms with Crippen molar-refractivity contribution in [2.24, 2.45) is 5.92 Å². The van der Waals surface area contributed by atoms with Crippen molar-refractivity contribution < 1.29 is 22.5 Å². The summed E-state index contributed by atoms with van der Waals surface area (Å²) in [5, 5.41) is 6.13. The van der Waals surface area contributed by atoms with E-state index in [9.17, 15) is 18.0 Å². The molecule has 0 spiro atoms. The molecule has 120 valence electrons. The van der Waals surface area contributed by atoms with Crippen molar-refractivity contribution >= 4 is 6.03 Å². The molecule has 0 bridgehead atoms. The summed E-state index contributed by atoms with van der Waals surface area (Å²) >= 11 is 0. The molecule has 0 aromatic carbocycles. The van der Waals surface area contributed by atoms with E-state index in [4.69, 9.17) is 4.52 Å². The van der Waals surface area contributed by atoms with Crippen LogP contribution in [0.3, 0.4) is 0 Å². The quantitative estimate of drug-likeness (QED) is 0.907. The molecule has 21 heavy (non-hydrogen) atoms. The number of urea groups is 1. The van der Waals surface area contributed by atoms with Crippen molar-refractivity contribution in [2.45, 2.75) is 39.4 Å². The summed E-state index contributed by atoms with van der Waals surface area (Å²) in [7, 11) is 1.06. The maximum atomic E-state index is 12.2. The first kappa shape index (κ1) is 17.3. The standard InChI is InChI=1S/C12H19F3N4O2/c1-7(2)5-9-17-10(21-18-9)8(3)16-11(20)19(4)6-12(13,14)15/h7-8H,5-6H2,1-4H3,(H,16,20). The lowest BCUT2D eigenvalue weighted by Gasteiger charge is -2.20. The van der Waals surface area contributed by atoms with Gasteiger partial charge in [0.2, 0.25) is 5.89 Å². The average Bonchev–Trinajstić information content (AvgIpc) is 2.74. The zero-order valence-electron chi connectivity index (χ0n) is 12.4. The van der Waals surface area contributed by atoms with E-state index < -0.39 is 24.8 Å². The second-order valence-corrected chi connectivity index (χ2v) is 5.29. The molecule has 0 aliphatic heterocycles. The summed E-state index contributed by atoms with van der Waals surface area (Å²) in [4.78, 5) is 16.3. The van der Waals surface area contributed by atoms with Gasteiger partial charge in [-0.2, -0.15) is 18.2 Å². The summed E-state index contributed by atoms with van der Waals surface area (Å²) in [6.45, 7) is 4.22. The number of aromatic nitrogens is 2. The lowest BCUT2D eigenvalue weighted by molar-refractivity contribution is -0.137. The van der Waals surface area contributed by atoms with E-state index in [1.807, 2.05) is 13.8 Å². The van der Waals surface area contributed by atoms with E-state index in [-0.39, 0.29) is 5.89 Å². The van der Waals surface area contributed by atoms with Gasteiger partial charge in [0, 0.05) is 13.5 Å². The molecule has 2 amide bonds. The highest BCUT2D eigenvalue weighted by Crippen LogP contribution is 2.16. The van der Waals surface area contributed by atoms with Crippen LogP contribution in [0.2, 0.25) is 0 Å². The highest BCUT2D eigenvalue weighted by Gasteiger charge is 2.31. The van der Waals surface area contributed by atoms with Crippen LogP contribution in [0, 0.1) is 5.92 Å².